The molecular formula is C16H17N5O3. The molecule has 1 N–H and O–H groups in total. The number of amides is 1. The van der Waals surface area contributed by atoms with E-state index < -0.39 is 6.04 Å². The van der Waals surface area contributed by atoms with Gasteiger partial charge in [0.05, 0.1) is 6.20 Å². The number of nitrogens with zero attached hydrogens (tertiary/aromatic N) is 4. The average Bonchev–Trinajstić information content (AvgIpc) is 3.22. The van der Waals surface area contributed by atoms with E-state index in [1.807, 2.05) is 30.3 Å². The third-order valence-electron chi connectivity index (χ3n) is 3.34. The Bertz CT molecular complexity index is 812. The van der Waals surface area contributed by atoms with Crippen LogP contribution in [0, 0.1) is 6.92 Å². The molecule has 2 heterocycles. The smallest absolute Gasteiger partial charge is 0.250 e. The number of anilines is 1. The highest BCUT2D eigenvalue weighted by atomic mass is 16.5. The Hall–Kier alpha value is -3.16. The molecule has 0 fully saturated rings. The number of aromatic nitrogens is 4. The van der Waals surface area contributed by atoms with E-state index in [1.165, 1.54) is 4.68 Å². The Labute approximate surface area is 138 Å². The minimum Gasteiger partial charge on any atom is -0.487 e. The lowest BCUT2D eigenvalue weighted by molar-refractivity contribution is -0.119. The van der Waals surface area contributed by atoms with Crippen molar-refractivity contribution >= 4 is 11.7 Å². The molecule has 1 unspecified atom stereocenters. The van der Waals surface area contributed by atoms with Gasteiger partial charge in [-0.3, -0.25) is 4.79 Å². The van der Waals surface area contributed by atoms with Crippen molar-refractivity contribution in [3.8, 4) is 5.75 Å². The minimum atomic E-state index is -0.542. The van der Waals surface area contributed by atoms with Gasteiger partial charge in [0, 0.05) is 6.07 Å². The molecule has 8 nitrogen and oxygen atoms in total. The van der Waals surface area contributed by atoms with Crippen LogP contribution in [-0.4, -0.2) is 26.1 Å². The van der Waals surface area contributed by atoms with Gasteiger partial charge in [0.2, 0.25) is 5.91 Å². The van der Waals surface area contributed by atoms with E-state index in [0.29, 0.717) is 17.3 Å². The molecule has 0 radical (unpaired) electrons. The number of carbonyl (C=O) groups is 1. The molecule has 3 rings (SSSR count). The lowest BCUT2D eigenvalue weighted by Crippen LogP contribution is -2.24. The summed E-state index contributed by atoms with van der Waals surface area (Å²) in [6.45, 7) is 3.75. The van der Waals surface area contributed by atoms with Crippen molar-refractivity contribution in [2.24, 2.45) is 0 Å². The molecule has 0 aliphatic carbocycles. The van der Waals surface area contributed by atoms with E-state index in [4.69, 9.17) is 9.26 Å². The maximum absolute atomic E-state index is 12.2. The third-order valence-corrected chi connectivity index (χ3v) is 3.34. The summed E-state index contributed by atoms with van der Waals surface area (Å²) >= 11 is 0. The van der Waals surface area contributed by atoms with Gasteiger partial charge in [-0.25, -0.2) is 4.68 Å². The largest absolute Gasteiger partial charge is 0.487 e. The van der Waals surface area contributed by atoms with Crippen molar-refractivity contribution in [3.05, 3.63) is 54.0 Å². The van der Waals surface area contributed by atoms with Gasteiger partial charge in [-0.05, 0) is 26.0 Å². The normalized spacial score (nSPS) is 11.9. The fourth-order valence-corrected chi connectivity index (χ4v) is 2.02. The first-order valence-corrected chi connectivity index (χ1v) is 7.44. The first-order chi connectivity index (χ1) is 11.6. The Morgan fingerprint density at radius 3 is 2.88 bits per heavy atom. The molecule has 1 atom stereocenters. The molecule has 0 aliphatic rings. The summed E-state index contributed by atoms with van der Waals surface area (Å²) in [5.41, 5.74) is 0.635. The van der Waals surface area contributed by atoms with Crippen molar-refractivity contribution in [2.45, 2.75) is 26.5 Å². The second kappa shape index (κ2) is 6.95. The number of para-hydroxylation sites is 1. The number of aryl methyl sites for hydroxylation is 1. The molecule has 0 saturated carbocycles. The van der Waals surface area contributed by atoms with Crippen LogP contribution in [0.5, 0.6) is 5.75 Å². The maximum atomic E-state index is 12.2. The molecule has 0 saturated heterocycles. The molecular weight excluding hydrogens is 310 g/mol. The van der Waals surface area contributed by atoms with E-state index in [-0.39, 0.29) is 12.5 Å². The van der Waals surface area contributed by atoms with Crippen LogP contribution in [0.2, 0.25) is 0 Å². The summed E-state index contributed by atoms with van der Waals surface area (Å²) in [6.07, 6.45) is 1.68. The van der Waals surface area contributed by atoms with Gasteiger partial charge in [-0.1, -0.05) is 28.6 Å². The Kier molecular flexibility index (Phi) is 4.55. The molecule has 8 heteroatoms. The Morgan fingerprint density at radius 1 is 1.38 bits per heavy atom. The van der Waals surface area contributed by atoms with Crippen molar-refractivity contribution in [1.82, 2.24) is 20.2 Å². The number of carbonyl (C=O) groups excluding carboxylic acids is 1. The van der Waals surface area contributed by atoms with Crippen LogP contribution in [-0.2, 0) is 11.4 Å². The average molecular weight is 327 g/mol. The van der Waals surface area contributed by atoms with Crippen LogP contribution < -0.4 is 10.1 Å². The van der Waals surface area contributed by atoms with Crippen molar-refractivity contribution in [1.29, 1.82) is 0 Å². The summed E-state index contributed by atoms with van der Waals surface area (Å²) in [5.74, 6) is 1.49. The Morgan fingerprint density at radius 2 is 2.17 bits per heavy atom. The fraction of sp³-hybridized carbons (Fsp3) is 0.250. The lowest BCUT2D eigenvalue weighted by Gasteiger charge is -2.09. The van der Waals surface area contributed by atoms with Crippen LogP contribution in [0.25, 0.3) is 0 Å². The van der Waals surface area contributed by atoms with Gasteiger partial charge in [-0.15, -0.1) is 5.10 Å². The van der Waals surface area contributed by atoms with Crippen LogP contribution in [0.15, 0.2) is 47.1 Å². The summed E-state index contributed by atoms with van der Waals surface area (Å²) in [7, 11) is 0. The summed E-state index contributed by atoms with van der Waals surface area (Å²) in [5, 5.41) is 14.4. The first kappa shape index (κ1) is 15.7. The number of ether oxygens (including phenoxy) is 1. The second-order valence-corrected chi connectivity index (χ2v) is 5.28. The molecule has 1 aromatic carbocycles. The van der Waals surface area contributed by atoms with Gasteiger partial charge in [0.25, 0.3) is 0 Å². The minimum absolute atomic E-state index is 0.260. The Balaban J connectivity index is 1.58. The highest BCUT2D eigenvalue weighted by Gasteiger charge is 2.18. The molecule has 0 aliphatic heterocycles. The monoisotopic (exact) mass is 327 g/mol. The summed E-state index contributed by atoms with van der Waals surface area (Å²) in [6, 6.07) is 10.5. The number of benzene rings is 1. The SMILES string of the molecule is Cc1cc(NC(=O)C(C)n2cc(COc3ccccc3)nn2)no1. The van der Waals surface area contributed by atoms with Crippen molar-refractivity contribution < 1.29 is 14.1 Å². The third kappa shape index (κ3) is 3.78. The molecule has 0 spiro atoms. The van der Waals surface area contributed by atoms with E-state index in [0.717, 1.165) is 5.75 Å². The summed E-state index contributed by atoms with van der Waals surface area (Å²) < 4.78 is 12.0. The number of hydrogen-bond donors (Lipinski definition) is 1. The predicted molar refractivity (Wildman–Crippen MR) is 85.4 cm³/mol. The molecule has 3 aromatic rings. The number of hydrogen-bond acceptors (Lipinski definition) is 6. The van der Waals surface area contributed by atoms with E-state index >= 15 is 0 Å². The van der Waals surface area contributed by atoms with Gasteiger partial charge in [0.1, 0.15) is 29.9 Å². The first-order valence-electron chi connectivity index (χ1n) is 7.44. The standard InChI is InChI=1S/C16H17N5O3/c1-11-8-15(19-24-11)17-16(22)12(2)21-9-13(18-20-21)10-23-14-6-4-3-5-7-14/h3-9,12H,10H2,1-2H3,(H,17,19,22). The molecule has 1 amide bonds. The van der Waals surface area contributed by atoms with Crippen molar-refractivity contribution in [2.75, 3.05) is 5.32 Å². The van der Waals surface area contributed by atoms with Crippen LogP contribution in [0.1, 0.15) is 24.4 Å². The second-order valence-electron chi connectivity index (χ2n) is 5.28. The number of rotatable bonds is 6. The zero-order valence-corrected chi connectivity index (χ0v) is 13.3. The highest BCUT2D eigenvalue weighted by molar-refractivity contribution is 5.92. The molecule has 24 heavy (non-hydrogen) atoms. The molecule has 0 bridgehead atoms. The molecule has 124 valence electrons. The van der Waals surface area contributed by atoms with Crippen molar-refractivity contribution in [3.63, 3.8) is 0 Å². The maximum Gasteiger partial charge on any atom is 0.250 e. The van der Waals surface area contributed by atoms with E-state index in [9.17, 15) is 4.79 Å². The molecule has 2 aromatic heterocycles. The van der Waals surface area contributed by atoms with E-state index in [1.54, 1.807) is 26.1 Å². The van der Waals surface area contributed by atoms with Crippen LogP contribution in [0.4, 0.5) is 5.82 Å². The van der Waals surface area contributed by atoms with Gasteiger partial charge >= 0.3 is 0 Å². The zero-order valence-electron chi connectivity index (χ0n) is 13.3. The van der Waals surface area contributed by atoms with Crippen LogP contribution >= 0.6 is 0 Å². The van der Waals surface area contributed by atoms with Crippen LogP contribution in [0.3, 0.4) is 0 Å². The number of nitrogens with one attached hydrogen (secondary N) is 1. The topological polar surface area (TPSA) is 95.1 Å². The fourth-order valence-electron chi connectivity index (χ4n) is 2.02. The van der Waals surface area contributed by atoms with Gasteiger partial charge < -0.3 is 14.6 Å². The van der Waals surface area contributed by atoms with Gasteiger partial charge in [-0.2, -0.15) is 0 Å². The summed E-state index contributed by atoms with van der Waals surface area (Å²) in [4.78, 5) is 12.2. The van der Waals surface area contributed by atoms with Gasteiger partial charge in [0.15, 0.2) is 5.82 Å². The van der Waals surface area contributed by atoms with E-state index in [2.05, 4.69) is 20.8 Å². The zero-order chi connectivity index (χ0) is 16.9. The predicted octanol–water partition coefficient (Wildman–Crippen LogP) is 2.35. The quantitative estimate of drug-likeness (QED) is 0.747. The lowest BCUT2D eigenvalue weighted by atomic mass is 10.3. The highest BCUT2D eigenvalue weighted by Crippen LogP contribution is 2.13.